The van der Waals surface area contributed by atoms with Crippen LogP contribution in [0.5, 0.6) is 0 Å². The fraction of sp³-hybridized carbons (Fsp3) is 1.00. The molecule has 0 N–H and O–H groups in total. The summed E-state index contributed by atoms with van der Waals surface area (Å²) in [6.07, 6.45) is 3.73. The van der Waals surface area contributed by atoms with Crippen LogP contribution in [0, 0.1) is 0 Å². The smallest absolute Gasteiger partial charge is 0.854 e. The Morgan fingerprint density at radius 3 is 1.00 bits per heavy atom. The van der Waals surface area contributed by atoms with Gasteiger partial charge in [0.2, 0.25) is 0 Å². The first-order chi connectivity index (χ1) is 4.83. The van der Waals surface area contributed by atoms with Gasteiger partial charge in [-0.1, -0.05) is 39.5 Å². The van der Waals surface area contributed by atoms with Gasteiger partial charge < -0.3 is 10.2 Å². The molecule has 2 nitrogen and oxygen atoms in total. The first kappa shape index (κ1) is 23.6. The Kier molecular flexibility index (Phi) is 57.6. The van der Waals surface area contributed by atoms with Crippen molar-refractivity contribution in [3.63, 3.8) is 0 Å². The predicted molar refractivity (Wildman–Crippen MR) is 39.6 cm³/mol. The molecule has 0 saturated heterocycles. The molecule has 0 aromatic heterocycles. The molecule has 0 heterocycles. The van der Waals surface area contributed by atoms with Crippen LogP contribution in [0.3, 0.4) is 0 Å². The van der Waals surface area contributed by atoms with E-state index in [-0.39, 0.29) is 72.3 Å². The number of hydrogen-bond acceptors (Lipinski definition) is 2. The largest absolute Gasteiger partial charge is 1.00 e. The normalized spacial score (nSPS) is 7.00. The van der Waals surface area contributed by atoms with E-state index in [4.69, 9.17) is 0 Å². The summed E-state index contributed by atoms with van der Waals surface area (Å²) in [6, 6.07) is 0. The Hall–Kier alpha value is 1.92. The molecule has 0 saturated carbocycles. The Morgan fingerprint density at radius 2 is 1.00 bits per heavy atom. The topological polar surface area (TPSA) is 46.1 Å². The van der Waals surface area contributed by atoms with Crippen molar-refractivity contribution < 1.29 is 69.3 Å². The third-order valence-corrected chi connectivity index (χ3v) is 0.996. The van der Waals surface area contributed by atoms with Crippen LogP contribution < -0.4 is 69.3 Å². The molecule has 0 fully saturated rings. The van der Waals surface area contributed by atoms with Crippen molar-refractivity contribution in [1.29, 1.82) is 0 Å². The van der Waals surface area contributed by atoms with Gasteiger partial charge in [0.1, 0.15) is 0 Å². The molecule has 0 aromatic rings. The van der Waals surface area contributed by atoms with Gasteiger partial charge in [0.25, 0.3) is 0 Å². The van der Waals surface area contributed by atoms with E-state index in [0.717, 1.165) is 25.7 Å². The minimum absolute atomic E-state index is 0. The SMILES string of the molecule is CCCC[O-].CCCC[O-].[Na+].[Na+]. The van der Waals surface area contributed by atoms with E-state index in [2.05, 4.69) is 0 Å². The summed E-state index contributed by atoms with van der Waals surface area (Å²) in [4.78, 5) is 0. The summed E-state index contributed by atoms with van der Waals surface area (Å²) < 4.78 is 0. The molecule has 0 aliphatic carbocycles. The summed E-state index contributed by atoms with van der Waals surface area (Å²) in [7, 11) is 0. The second-order valence-corrected chi connectivity index (χ2v) is 2.12. The van der Waals surface area contributed by atoms with Crippen LogP contribution in [0.15, 0.2) is 0 Å². The second kappa shape index (κ2) is 29.3. The van der Waals surface area contributed by atoms with Crippen molar-refractivity contribution >= 4 is 0 Å². The molecule has 0 bridgehead atoms. The quantitative estimate of drug-likeness (QED) is 0.417. The molecule has 64 valence electrons. The molecule has 0 amide bonds. The molecule has 0 spiro atoms. The minimum atomic E-state index is 0. The number of hydrogen-bond donors (Lipinski definition) is 0. The van der Waals surface area contributed by atoms with Gasteiger partial charge in [-0.2, -0.15) is 0 Å². The minimum Gasteiger partial charge on any atom is -0.854 e. The van der Waals surface area contributed by atoms with Crippen LogP contribution in [-0.4, -0.2) is 13.2 Å². The molecular weight excluding hydrogens is 174 g/mol. The zero-order chi connectivity index (χ0) is 8.24. The van der Waals surface area contributed by atoms with E-state index in [1.165, 1.54) is 0 Å². The van der Waals surface area contributed by atoms with Gasteiger partial charge in [-0.25, -0.2) is 0 Å². The van der Waals surface area contributed by atoms with E-state index in [1.54, 1.807) is 0 Å². The first-order valence-electron chi connectivity index (χ1n) is 3.99. The molecule has 0 unspecified atom stereocenters. The summed E-state index contributed by atoms with van der Waals surface area (Å²) in [5, 5.41) is 19.1. The van der Waals surface area contributed by atoms with E-state index in [1.807, 2.05) is 13.8 Å². The maximum absolute atomic E-state index is 9.53. The van der Waals surface area contributed by atoms with Gasteiger partial charge in [-0.3, -0.25) is 0 Å². The van der Waals surface area contributed by atoms with Crippen LogP contribution >= 0.6 is 0 Å². The van der Waals surface area contributed by atoms with Gasteiger partial charge >= 0.3 is 59.1 Å². The van der Waals surface area contributed by atoms with Crippen LogP contribution in [0.1, 0.15) is 39.5 Å². The van der Waals surface area contributed by atoms with Gasteiger partial charge in [0.15, 0.2) is 0 Å². The van der Waals surface area contributed by atoms with Crippen molar-refractivity contribution in [1.82, 2.24) is 0 Å². The third-order valence-electron chi connectivity index (χ3n) is 0.996. The van der Waals surface area contributed by atoms with E-state index in [9.17, 15) is 10.2 Å². The zero-order valence-electron chi connectivity index (χ0n) is 9.06. The maximum atomic E-state index is 9.53. The van der Waals surface area contributed by atoms with Crippen molar-refractivity contribution in [2.45, 2.75) is 39.5 Å². The molecule has 0 aromatic carbocycles. The summed E-state index contributed by atoms with van der Waals surface area (Å²) >= 11 is 0. The fourth-order valence-corrected chi connectivity index (χ4v) is 0.289. The molecule has 0 aliphatic rings. The third kappa shape index (κ3) is 40.6. The van der Waals surface area contributed by atoms with Gasteiger partial charge in [0.05, 0.1) is 0 Å². The van der Waals surface area contributed by atoms with Crippen molar-refractivity contribution in [3.8, 4) is 0 Å². The Bertz CT molecular complexity index is 36.0. The van der Waals surface area contributed by atoms with Crippen LogP contribution in [0.25, 0.3) is 0 Å². The molecule has 4 heteroatoms. The van der Waals surface area contributed by atoms with Gasteiger partial charge in [-0.15, -0.1) is 13.2 Å². The van der Waals surface area contributed by atoms with Crippen molar-refractivity contribution in [3.05, 3.63) is 0 Å². The molecule has 12 heavy (non-hydrogen) atoms. The average Bonchev–Trinajstić information content (AvgIpc) is 1.93. The van der Waals surface area contributed by atoms with Gasteiger partial charge in [-0.05, 0) is 0 Å². The molecule has 0 aliphatic heterocycles. The summed E-state index contributed by atoms with van der Waals surface area (Å²) in [5.41, 5.74) is 0. The molecular formula is C8H18Na2O2. The predicted octanol–water partition coefficient (Wildman–Crippen LogP) is -5.70. The zero-order valence-corrected chi connectivity index (χ0v) is 13.1. The Labute approximate surface area is 121 Å². The van der Waals surface area contributed by atoms with Crippen LogP contribution in [0.4, 0.5) is 0 Å². The van der Waals surface area contributed by atoms with E-state index in [0.29, 0.717) is 0 Å². The Balaban J connectivity index is -0.0000000457. The van der Waals surface area contributed by atoms with E-state index < -0.39 is 0 Å². The van der Waals surface area contributed by atoms with Crippen molar-refractivity contribution in [2.75, 3.05) is 13.2 Å². The maximum Gasteiger partial charge on any atom is 1.00 e. The summed E-state index contributed by atoms with van der Waals surface area (Å²) in [6.45, 7) is 4.21. The standard InChI is InChI=1S/2C4H9O.2Na/c2*1-2-3-4-5;;/h2*2-4H2,1H3;;/q2*-1;2*+1. The first-order valence-corrected chi connectivity index (χ1v) is 3.99. The fourth-order valence-electron chi connectivity index (χ4n) is 0.289. The molecule has 0 rings (SSSR count). The van der Waals surface area contributed by atoms with E-state index >= 15 is 0 Å². The average molecular weight is 192 g/mol. The summed E-state index contributed by atoms with van der Waals surface area (Å²) in [5.74, 6) is 0. The van der Waals surface area contributed by atoms with Crippen molar-refractivity contribution in [2.24, 2.45) is 0 Å². The van der Waals surface area contributed by atoms with Gasteiger partial charge in [0, 0.05) is 0 Å². The monoisotopic (exact) mass is 192 g/mol. The Morgan fingerprint density at radius 1 is 0.750 bits per heavy atom. The van der Waals surface area contributed by atoms with Crippen LogP contribution in [0.2, 0.25) is 0 Å². The number of rotatable bonds is 4. The second-order valence-electron chi connectivity index (χ2n) is 2.12. The van der Waals surface area contributed by atoms with Crippen LogP contribution in [-0.2, 0) is 0 Å². The number of unbranched alkanes of at least 4 members (excludes halogenated alkanes) is 2. The molecule has 0 radical (unpaired) electrons. The molecule has 0 atom stereocenters.